The van der Waals surface area contributed by atoms with Crippen LogP contribution in [0.4, 0.5) is 5.82 Å². The summed E-state index contributed by atoms with van der Waals surface area (Å²) in [4.78, 5) is 23.4. The van der Waals surface area contributed by atoms with Crippen molar-refractivity contribution in [3.05, 3.63) is 52.6 Å². The van der Waals surface area contributed by atoms with Crippen LogP contribution in [0.15, 0.2) is 24.5 Å². The number of aryl methyl sites for hydroxylation is 3. The first-order chi connectivity index (χ1) is 12.0. The zero-order valence-corrected chi connectivity index (χ0v) is 14.9. The van der Waals surface area contributed by atoms with Gasteiger partial charge in [0, 0.05) is 17.6 Å². The SMILES string of the molecule is CCc1[nH]c2c(CNc3cncc(C(=O)OC)n3)cc(C)cc2c1C. The van der Waals surface area contributed by atoms with Gasteiger partial charge in [-0.2, -0.15) is 0 Å². The molecule has 2 heterocycles. The summed E-state index contributed by atoms with van der Waals surface area (Å²) >= 11 is 0. The number of hydrogen-bond donors (Lipinski definition) is 2. The van der Waals surface area contributed by atoms with E-state index in [1.165, 1.54) is 35.5 Å². The van der Waals surface area contributed by atoms with E-state index >= 15 is 0 Å². The highest BCUT2D eigenvalue weighted by Gasteiger charge is 2.12. The van der Waals surface area contributed by atoms with Gasteiger partial charge in [0.1, 0.15) is 5.82 Å². The van der Waals surface area contributed by atoms with Gasteiger partial charge in [0.2, 0.25) is 0 Å². The van der Waals surface area contributed by atoms with Gasteiger partial charge in [0.05, 0.1) is 25.0 Å². The van der Waals surface area contributed by atoms with Crippen molar-refractivity contribution >= 4 is 22.7 Å². The lowest BCUT2D eigenvalue weighted by Crippen LogP contribution is -2.09. The average molecular weight is 338 g/mol. The quantitative estimate of drug-likeness (QED) is 0.696. The Hall–Kier alpha value is -2.89. The van der Waals surface area contributed by atoms with Crippen molar-refractivity contribution in [2.75, 3.05) is 12.4 Å². The van der Waals surface area contributed by atoms with Crippen LogP contribution in [0.2, 0.25) is 0 Å². The van der Waals surface area contributed by atoms with Crippen LogP contribution < -0.4 is 5.32 Å². The highest BCUT2D eigenvalue weighted by Crippen LogP contribution is 2.27. The fourth-order valence-electron chi connectivity index (χ4n) is 3.04. The fraction of sp³-hybridized carbons (Fsp3) is 0.316. The molecule has 0 radical (unpaired) electrons. The van der Waals surface area contributed by atoms with Crippen LogP contribution >= 0.6 is 0 Å². The summed E-state index contributed by atoms with van der Waals surface area (Å²) in [7, 11) is 1.33. The summed E-state index contributed by atoms with van der Waals surface area (Å²) in [6, 6.07) is 4.36. The number of aromatic nitrogens is 3. The monoisotopic (exact) mass is 338 g/mol. The number of H-pyrrole nitrogens is 1. The van der Waals surface area contributed by atoms with Crippen molar-refractivity contribution in [1.82, 2.24) is 15.0 Å². The maximum absolute atomic E-state index is 11.6. The Morgan fingerprint density at radius 1 is 1.28 bits per heavy atom. The third-order valence-corrected chi connectivity index (χ3v) is 4.34. The number of benzene rings is 1. The molecule has 0 aliphatic heterocycles. The molecule has 0 bridgehead atoms. The van der Waals surface area contributed by atoms with Crippen molar-refractivity contribution in [1.29, 1.82) is 0 Å². The van der Waals surface area contributed by atoms with Crippen LogP contribution in [-0.2, 0) is 17.7 Å². The summed E-state index contributed by atoms with van der Waals surface area (Å²) in [5.41, 5.74) is 6.26. The standard InChI is InChI=1S/C19H22N4O2/c1-5-15-12(3)14-7-11(2)6-13(18(14)23-15)8-21-17-10-20-9-16(22-17)19(24)25-4/h6-7,9-10,23H,5,8H2,1-4H3,(H,21,22). The zero-order valence-electron chi connectivity index (χ0n) is 14.9. The average Bonchev–Trinajstić information content (AvgIpc) is 2.95. The summed E-state index contributed by atoms with van der Waals surface area (Å²) in [5, 5.41) is 4.50. The molecule has 130 valence electrons. The smallest absolute Gasteiger partial charge is 0.358 e. The molecule has 3 rings (SSSR count). The molecular weight excluding hydrogens is 316 g/mol. The Morgan fingerprint density at radius 2 is 2.08 bits per heavy atom. The second-order valence-corrected chi connectivity index (χ2v) is 6.06. The number of rotatable bonds is 5. The molecule has 0 saturated heterocycles. The Labute approximate surface area is 146 Å². The first kappa shape index (κ1) is 17.0. The number of aromatic amines is 1. The van der Waals surface area contributed by atoms with E-state index in [4.69, 9.17) is 0 Å². The molecule has 0 amide bonds. The molecule has 2 aromatic heterocycles. The Morgan fingerprint density at radius 3 is 2.80 bits per heavy atom. The fourth-order valence-corrected chi connectivity index (χ4v) is 3.04. The Kier molecular flexibility index (Phi) is 4.70. The molecule has 0 atom stereocenters. The van der Waals surface area contributed by atoms with Gasteiger partial charge in [-0.05, 0) is 37.5 Å². The second-order valence-electron chi connectivity index (χ2n) is 6.06. The molecule has 3 aromatic rings. The van der Waals surface area contributed by atoms with Crippen LogP contribution in [0.25, 0.3) is 10.9 Å². The van der Waals surface area contributed by atoms with E-state index in [2.05, 4.69) is 57.9 Å². The van der Waals surface area contributed by atoms with Gasteiger partial charge in [-0.25, -0.2) is 9.78 Å². The largest absolute Gasteiger partial charge is 0.464 e. The lowest BCUT2D eigenvalue weighted by atomic mass is 10.0. The Bertz CT molecular complexity index is 931. The molecule has 0 unspecified atom stereocenters. The highest BCUT2D eigenvalue weighted by molar-refractivity contribution is 5.88. The molecule has 2 N–H and O–H groups in total. The molecule has 0 spiro atoms. The number of fused-ring (bicyclic) bond motifs is 1. The molecule has 0 saturated carbocycles. The lowest BCUT2D eigenvalue weighted by Gasteiger charge is -2.09. The number of nitrogens with one attached hydrogen (secondary N) is 2. The van der Waals surface area contributed by atoms with E-state index in [-0.39, 0.29) is 5.69 Å². The summed E-state index contributed by atoms with van der Waals surface area (Å²) in [6.07, 6.45) is 3.96. The van der Waals surface area contributed by atoms with Crippen molar-refractivity contribution in [3.63, 3.8) is 0 Å². The van der Waals surface area contributed by atoms with E-state index in [1.54, 1.807) is 6.20 Å². The molecule has 6 nitrogen and oxygen atoms in total. The third-order valence-electron chi connectivity index (χ3n) is 4.34. The summed E-state index contributed by atoms with van der Waals surface area (Å²) < 4.78 is 4.68. The maximum Gasteiger partial charge on any atom is 0.358 e. The number of methoxy groups -OCH3 is 1. The predicted molar refractivity (Wildman–Crippen MR) is 97.8 cm³/mol. The minimum atomic E-state index is -0.498. The van der Waals surface area contributed by atoms with Crippen LogP contribution in [0.5, 0.6) is 0 Å². The minimum Gasteiger partial charge on any atom is -0.464 e. The molecule has 0 fully saturated rings. The number of hydrogen-bond acceptors (Lipinski definition) is 5. The molecular formula is C19H22N4O2. The topological polar surface area (TPSA) is 79.9 Å². The van der Waals surface area contributed by atoms with E-state index in [0.29, 0.717) is 12.4 Å². The summed E-state index contributed by atoms with van der Waals surface area (Å²) in [6.45, 7) is 6.98. The van der Waals surface area contributed by atoms with E-state index in [1.807, 2.05) is 0 Å². The molecule has 6 heteroatoms. The van der Waals surface area contributed by atoms with Crippen LogP contribution in [0.3, 0.4) is 0 Å². The maximum atomic E-state index is 11.6. The lowest BCUT2D eigenvalue weighted by molar-refractivity contribution is 0.0593. The Balaban J connectivity index is 1.90. The van der Waals surface area contributed by atoms with Gasteiger partial charge in [-0.15, -0.1) is 0 Å². The van der Waals surface area contributed by atoms with Crippen LogP contribution in [-0.4, -0.2) is 28.0 Å². The van der Waals surface area contributed by atoms with E-state index < -0.39 is 5.97 Å². The van der Waals surface area contributed by atoms with E-state index in [0.717, 1.165) is 17.5 Å². The molecule has 0 aliphatic carbocycles. The normalized spacial score (nSPS) is 10.9. The van der Waals surface area contributed by atoms with Gasteiger partial charge < -0.3 is 15.0 Å². The number of anilines is 1. The highest BCUT2D eigenvalue weighted by atomic mass is 16.5. The van der Waals surface area contributed by atoms with Crippen molar-refractivity contribution in [2.24, 2.45) is 0 Å². The second kappa shape index (κ2) is 6.93. The van der Waals surface area contributed by atoms with Gasteiger partial charge >= 0.3 is 5.97 Å². The number of esters is 1. The van der Waals surface area contributed by atoms with Crippen molar-refractivity contribution in [3.8, 4) is 0 Å². The van der Waals surface area contributed by atoms with Crippen LogP contribution in [0, 0.1) is 13.8 Å². The minimum absolute atomic E-state index is 0.186. The van der Waals surface area contributed by atoms with Crippen molar-refractivity contribution < 1.29 is 9.53 Å². The van der Waals surface area contributed by atoms with Gasteiger partial charge in [-0.1, -0.05) is 18.6 Å². The number of carbonyl (C=O) groups is 1. The zero-order chi connectivity index (χ0) is 18.0. The van der Waals surface area contributed by atoms with E-state index in [9.17, 15) is 4.79 Å². The number of nitrogens with zero attached hydrogens (tertiary/aromatic N) is 2. The predicted octanol–water partition coefficient (Wildman–Crippen LogP) is 3.54. The first-order valence-electron chi connectivity index (χ1n) is 8.28. The molecule has 0 aliphatic rings. The molecule has 1 aromatic carbocycles. The first-order valence-corrected chi connectivity index (χ1v) is 8.28. The number of ether oxygens (including phenoxy) is 1. The van der Waals surface area contributed by atoms with Gasteiger partial charge in [0.25, 0.3) is 0 Å². The van der Waals surface area contributed by atoms with Gasteiger partial charge in [0.15, 0.2) is 5.69 Å². The molecule has 25 heavy (non-hydrogen) atoms. The van der Waals surface area contributed by atoms with Crippen LogP contribution in [0.1, 0.15) is 39.8 Å². The van der Waals surface area contributed by atoms with Crippen molar-refractivity contribution in [2.45, 2.75) is 33.7 Å². The van der Waals surface area contributed by atoms with Gasteiger partial charge in [-0.3, -0.25) is 4.98 Å². The summed E-state index contributed by atoms with van der Waals surface area (Å²) in [5.74, 6) is 0.0400. The number of carbonyl (C=O) groups excluding carboxylic acids is 1. The third kappa shape index (κ3) is 3.33.